The number of aromatic nitrogens is 4. The predicted molar refractivity (Wildman–Crippen MR) is 122 cm³/mol. The molecule has 10 nitrogen and oxygen atoms in total. The smallest absolute Gasteiger partial charge is 0.331 e. The summed E-state index contributed by atoms with van der Waals surface area (Å²) in [7, 11) is 4.60. The highest BCUT2D eigenvalue weighted by Crippen LogP contribution is 2.41. The fraction of sp³-hybridized carbons (Fsp3) is 0.182. The molecule has 0 saturated heterocycles. The van der Waals surface area contributed by atoms with Crippen LogP contribution in [0.1, 0.15) is 11.6 Å². The molecule has 2 aromatic carbocycles. The van der Waals surface area contributed by atoms with Crippen LogP contribution in [-0.4, -0.2) is 51.9 Å². The van der Waals surface area contributed by atoms with Crippen LogP contribution >= 0.6 is 11.8 Å². The number of carboxylic acids is 1. The van der Waals surface area contributed by atoms with Crippen molar-refractivity contribution in [1.29, 1.82) is 0 Å². The van der Waals surface area contributed by atoms with Gasteiger partial charge in [0, 0.05) is 5.56 Å². The highest BCUT2D eigenvalue weighted by molar-refractivity contribution is 7.99. The SMILES string of the molecule is COc1ccc(OC)c(Sc2nc3c(N)ncnc3n2C(C(=O)O)c2ccccc2OC)c1. The van der Waals surface area contributed by atoms with Crippen LogP contribution in [0, 0.1) is 0 Å². The Balaban J connectivity index is 1.97. The fourth-order valence-electron chi connectivity index (χ4n) is 3.45. The van der Waals surface area contributed by atoms with Crippen LogP contribution in [0.5, 0.6) is 17.2 Å². The molecule has 1 unspecified atom stereocenters. The number of benzene rings is 2. The summed E-state index contributed by atoms with van der Waals surface area (Å²) in [6.45, 7) is 0. The third-order valence-electron chi connectivity index (χ3n) is 4.97. The number of nitrogen functional groups attached to an aromatic ring is 1. The minimum Gasteiger partial charge on any atom is -0.497 e. The molecule has 0 aliphatic heterocycles. The zero-order valence-corrected chi connectivity index (χ0v) is 18.9. The standard InChI is InChI=1S/C22H21N5O5S/c1-30-12-8-9-15(32-3)16(10-12)33-22-26-17-19(23)24-11-25-20(17)27(22)18(21(28)29)13-6-4-5-7-14(13)31-2/h4-11,18H,1-3H3,(H,28,29)(H2,23,24,25). The summed E-state index contributed by atoms with van der Waals surface area (Å²) in [5.74, 6) is 0.629. The zero-order chi connectivity index (χ0) is 23.5. The summed E-state index contributed by atoms with van der Waals surface area (Å²) in [5, 5.41) is 10.6. The van der Waals surface area contributed by atoms with Gasteiger partial charge in [-0.3, -0.25) is 4.57 Å². The number of carbonyl (C=O) groups is 1. The molecule has 0 spiro atoms. The Labute approximate surface area is 193 Å². The third-order valence-corrected chi connectivity index (χ3v) is 5.98. The number of carboxylic acid groups (broad SMARTS) is 1. The molecule has 0 fully saturated rings. The van der Waals surface area contributed by atoms with E-state index in [9.17, 15) is 9.90 Å². The molecule has 4 rings (SSSR count). The lowest BCUT2D eigenvalue weighted by Crippen LogP contribution is -2.22. The van der Waals surface area contributed by atoms with Gasteiger partial charge < -0.3 is 25.1 Å². The van der Waals surface area contributed by atoms with E-state index in [1.165, 1.54) is 29.8 Å². The molecule has 11 heteroatoms. The van der Waals surface area contributed by atoms with Gasteiger partial charge >= 0.3 is 5.97 Å². The van der Waals surface area contributed by atoms with Gasteiger partial charge in [0.1, 0.15) is 23.6 Å². The monoisotopic (exact) mass is 467 g/mol. The first-order chi connectivity index (χ1) is 16.0. The van der Waals surface area contributed by atoms with Crippen LogP contribution in [0.2, 0.25) is 0 Å². The molecule has 0 radical (unpaired) electrons. The van der Waals surface area contributed by atoms with Gasteiger partial charge in [-0.1, -0.05) is 18.2 Å². The minimum absolute atomic E-state index is 0.141. The zero-order valence-electron chi connectivity index (χ0n) is 18.1. The number of methoxy groups -OCH3 is 3. The molecule has 4 aromatic rings. The fourth-order valence-corrected chi connectivity index (χ4v) is 4.50. The van der Waals surface area contributed by atoms with Gasteiger partial charge in [-0.05, 0) is 36.0 Å². The number of rotatable bonds is 8. The number of anilines is 1. The predicted octanol–water partition coefficient (Wildman–Crippen LogP) is 3.26. The first-order valence-electron chi connectivity index (χ1n) is 9.72. The van der Waals surface area contributed by atoms with Gasteiger partial charge in [-0.25, -0.2) is 19.7 Å². The summed E-state index contributed by atoms with van der Waals surface area (Å²) in [6, 6.07) is 11.0. The topological polar surface area (TPSA) is 135 Å². The lowest BCUT2D eigenvalue weighted by Gasteiger charge is -2.20. The molecule has 0 aliphatic carbocycles. The summed E-state index contributed by atoms with van der Waals surface area (Å²) in [6.07, 6.45) is 1.28. The molecule has 170 valence electrons. The average Bonchev–Trinajstić information content (AvgIpc) is 3.18. The van der Waals surface area contributed by atoms with Gasteiger partial charge in [0.2, 0.25) is 0 Å². The van der Waals surface area contributed by atoms with Crippen LogP contribution in [0.3, 0.4) is 0 Å². The second-order valence-corrected chi connectivity index (χ2v) is 7.81. The first-order valence-corrected chi connectivity index (χ1v) is 10.5. The lowest BCUT2D eigenvalue weighted by molar-refractivity contribution is -0.139. The number of fused-ring (bicyclic) bond motifs is 1. The van der Waals surface area contributed by atoms with Crippen LogP contribution in [0.4, 0.5) is 5.82 Å². The van der Waals surface area contributed by atoms with E-state index >= 15 is 0 Å². The molecule has 0 amide bonds. The Morgan fingerprint density at radius 3 is 2.52 bits per heavy atom. The van der Waals surface area contributed by atoms with Gasteiger partial charge in [-0.15, -0.1) is 0 Å². The van der Waals surface area contributed by atoms with Crippen LogP contribution in [0.25, 0.3) is 11.2 Å². The van der Waals surface area contributed by atoms with Gasteiger partial charge in [-0.2, -0.15) is 0 Å². The highest BCUT2D eigenvalue weighted by Gasteiger charge is 2.31. The molecule has 2 aromatic heterocycles. The number of aliphatic carboxylic acids is 1. The van der Waals surface area contributed by atoms with Crippen LogP contribution in [-0.2, 0) is 4.79 Å². The maximum atomic E-state index is 12.6. The Morgan fingerprint density at radius 2 is 1.82 bits per heavy atom. The van der Waals surface area contributed by atoms with Crippen LogP contribution in [0.15, 0.2) is 58.8 Å². The second-order valence-electron chi connectivity index (χ2n) is 6.80. The quantitative estimate of drug-likeness (QED) is 0.397. The number of nitrogens with zero attached hydrogens (tertiary/aromatic N) is 4. The van der Waals surface area contributed by atoms with Gasteiger partial charge in [0.15, 0.2) is 28.2 Å². The van der Waals surface area contributed by atoms with Crippen molar-refractivity contribution >= 4 is 34.7 Å². The average molecular weight is 468 g/mol. The second kappa shape index (κ2) is 9.25. The molecule has 1 atom stereocenters. The first kappa shape index (κ1) is 22.2. The van der Waals surface area contributed by atoms with Crippen molar-refractivity contribution in [2.24, 2.45) is 0 Å². The van der Waals surface area contributed by atoms with Crippen molar-refractivity contribution in [1.82, 2.24) is 19.5 Å². The van der Waals surface area contributed by atoms with Gasteiger partial charge in [0.25, 0.3) is 0 Å². The number of imidazole rings is 1. The van der Waals surface area contributed by atoms with E-state index in [0.29, 0.717) is 38.4 Å². The number of ether oxygens (including phenoxy) is 3. The Bertz CT molecular complexity index is 1330. The number of hydrogen-bond acceptors (Lipinski definition) is 9. The molecule has 0 aliphatic rings. The Hall–Kier alpha value is -3.99. The summed E-state index contributed by atoms with van der Waals surface area (Å²) < 4.78 is 17.8. The van der Waals surface area contributed by atoms with Gasteiger partial charge in [0.05, 0.1) is 26.2 Å². The molecule has 0 saturated carbocycles. The molecule has 33 heavy (non-hydrogen) atoms. The minimum atomic E-state index is -1.19. The number of para-hydroxylation sites is 1. The lowest BCUT2D eigenvalue weighted by atomic mass is 10.1. The maximum Gasteiger partial charge on any atom is 0.331 e. The summed E-state index contributed by atoms with van der Waals surface area (Å²) in [5.41, 5.74) is 7.06. The molecule has 3 N–H and O–H groups in total. The van der Waals surface area contributed by atoms with E-state index in [0.717, 1.165) is 0 Å². The number of hydrogen-bond donors (Lipinski definition) is 2. The maximum absolute atomic E-state index is 12.6. The number of nitrogens with two attached hydrogens (primary N) is 1. The van der Waals surface area contributed by atoms with E-state index in [4.69, 9.17) is 19.9 Å². The van der Waals surface area contributed by atoms with E-state index in [-0.39, 0.29) is 11.5 Å². The van der Waals surface area contributed by atoms with Crippen molar-refractivity contribution in [3.8, 4) is 17.2 Å². The molecule has 2 heterocycles. The summed E-state index contributed by atoms with van der Waals surface area (Å²) in [4.78, 5) is 26.2. The molecular weight excluding hydrogens is 446 g/mol. The molecule has 0 bridgehead atoms. The van der Waals surface area contributed by atoms with Crippen molar-refractivity contribution in [2.45, 2.75) is 16.1 Å². The molecular formula is C22H21N5O5S. The van der Waals surface area contributed by atoms with E-state index in [2.05, 4.69) is 15.0 Å². The van der Waals surface area contributed by atoms with E-state index in [1.54, 1.807) is 56.7 Å². The van der Waals surface area contributed by atoms with Crippen LogP contribution < -0.4 is 19.9 Å². The summed E-state index contributed by atoms with van der Waals surface area (Å²) >= 11 is 1.20. The normalized spacial score (nSPS) is 11.8. The van der Waals surface area contributed by atoms with Crippen molar-refractivity contribution in [3.05, 3.63) is 54.4 Å². The highest BCUT2D eigenvalue weighted by atomic mass is 32.2. The van der Waals surface area contributed by atoms with E-state index < -0.39 is 12.0 Å². The Kier molecular flexibility index (Phi) is 6.22. The van der Waals surface area contributed by atoms with Crippen molar-refractivity contribution < 1.29 is 24.1 Å². The van der Waals surface area contributed by atoms with Crippen molar-refractivity contribution in [2.75, 3.05) is 27.1 Å². The Morgan fingerprint density at radius 1 is 1.06 bits per heavy atom. The van der Waals surface area contributed by atoms with Crippen molar-refractivity contribution in [3.63, 3.8) is 0 Å². The largest absolute Gasteiger partial charge is 0.497 e. The third kappa shape index (κ3) is 4.10. The van der Waals surface area contributed by atoms with E-state index in [1.807, 2.05) is 0 Å².